The number of nitrogens with one attached hydrogen (secondary N) is 1. The molecule has 0 bridgehead atoms. The highest BCUT2D eigenvalue weighted by molar-refractivity contribution is 7.89. The molecule has 3 nitrogen and oxygen atoms in total. The summed E-state index contributed by atoms with van der Waals surface area (Å²) in [5.41, 5.74) is 2.01. The molecular weight excluding hydrogens is 294 g/mol. The first-order valence-electron chi connectivity index (χ1n) is 7.20. The van der Waals surface area contributed by atoms with E-state index in [-0.39, 0.29) is 5.75 Å². The normalized spacial score (nSPS) is 17.2. The zero-order valence-corrected chi connectivity index (χ0v) is 13.2. The summed E-state index contributed by atoms with van der Waals surface area (Å²) in [6.07, 6.45) is 5.67. The van der Waals surface area contributed by atoms with Crippen LogP contribution in [0.5, 0.6) is 0 Å². The quantitative estimate of drug-likeness (QED) is 0.818. The Kier molecular flexibility index (Phi) is 5.87. The second kappa shape index (κ2) is 7.43. The molecule has 0 saturated heterocycles. The Morgan fingerprint density at radius 2 is 1.65 bits per heavy atom. The molecule has 1 fully saturated rings. The molecule has 0 unspecified atom stereocenters. The lowest BCUT2D eigenvalue weighted by Crippen LogP contribution is -2.30. The van der Waals surface area contributed by atoms with Gasteiger partial charge in [-0.3, -0.25) is 0 Å². The van der Waals surface area contributed by atoms with E-state index in [1.807, 2.05) is 24.3 Å². The van der Waals surface area contributed by atoms with Crippen LogP contribution in [0.2, 0.25) is 0 Å². The van der Waals surface area contributed by atoms with Crippen LogP contribution in [-0.2, 0) is 22.4 Å². The van der Waals surface area contributed by atoms with Gasteiger partial charge in [0, 0.05) is 12.4 Å². The Balaban J connectivity index is 1.84. The lowest BCUT2D eigenvalue weighted by Gasteiger charge is -2.21. The fourth-order valence-corrected chi connectivity index (χ4v) is 4.30. The van der Waals surface area contributed by atoms with E-state index in [4.69, 9.17) is 11.6 Å². The van der Waals surface area contributed by atoms with Crippen LogP contribution in [0.1, 0.15) is 43.2 Å². The van der Waals surface area contributed by atoms with E-state index in [1.54, 1.807) is 0 Å². The number of benzene rings is 1. The van der Waals surface area contributed by atoms with Crippen molar-refractivity contribution in [3.63, 3.8) is 0 Å². The van der Waals surface area contributed by atoms with E-state index in [9.17, 15) is 8.42 Å². The number of hydrogen-bond acceptors (Lipinski definition) is 2. The molecule has 0 heterocycles. The maximum atomic E-state index is 12.1. The molecule has 0 aliphatic heterocycles. The first-order valence-corrected chi connectivity index (χ1v) is 9.39. The van der Waals surface area contributed by atoms with Crippen LogP contribution in [0.3, 0.4) is 0 Å². The molecule has 1 aliphatic rings. The summed E-state index contributed by atoms with van der Waals surface area (Å²) in [5, 5.41) is 0. The van der Waals surface area contributed by atoms with Crippen LogP contribution in [-0.4, -0.2) is 14.2 Å². The highest BCUT2D eigenvalue weighted by atomic mass is 35.5. The molecule has 0 spiro atoms. The second-order valence-electron chi connectivity index (χ2n) is 5.56. The van der Waals surface area contributed by atoms with Gasteiger partial charge in [-0.05, 0) is 29.9 Å². The molecule has 112 valence electrons. The minimum Gasteiger partial charge on any atom is -0.212 e. The molecule has 2 rings (SSSR count). The van der Waals surface area contributed by atoms with Gasteiger partial charge in [-0.2, -0.15) is 0 Å². The van der Waals surface area contributed by atoms with Gasteiger partial charge in [-0.1, -0.05) is 43.5 Å². The fraction of sp³-hybridized carbons (Fsp3) is 0.600. The summed E-state index contributed by atoms with van der Waals surface area (Å²) in [4.78, 5) is 0. The molecule has 1 saturated carbocycles. The topological polar surface area (TPSA) is 46.2 Å². The highest BCUT2D eigenvalue weighted by Crippen LogP contribution is 2.24. The summed E-state index contributed by atoms with van der Waals surface area (Å²) in [5.74, 6) is 1.08. The van der Waals surface area contributed by atoms with Gasteiger partial charge in [-0.15, -0.1) is 11.6 Å². The molecule has 1 aromatic rings. The number of alkyl halides is 1. The number of rotatable bonds is 6. The second-order valence-corrected chi connectivity index (χ2v) is 7.68. The third kappa shape index (κ3) is 5.08. The van der Waals surface area contributed by atoms with Crippen LogP contribution in [0.4, 0.5) is 0 Å². The third-order valence-electron chi connectivity index (χ3n) is 3.85. The van der Waals surface area contributed by atoms with Gasteiger partial charge in [0.15, 0.2) is 0 Å². The van der Waals surface area contributed by atoms with Crippen molar-refractivity contribution in [3.8, 4) is 0 Å². The summed E-state index contributed by atoms with van der Waals surface area (Å²) < 4.78 is 26.8. The molecule has 20 heavy (non-hydrogen) atoms. The zero-order chi connectivity index (χ0) is 14.4. The Labute approximate surface area is 126 Å². The number of hydrogen-bond donors (Lipinski definition) is 1. The molecule has 5 heteroatoms. The maximum Gasteiger partial charge on any atom is 0.212 e. The van der Waals surface area contributed by atoms with Gasteiger partial charge in [0.25, 0.3) is 0 Å². The van der Waals surface area contributed by atoms with Crippen molar-refractivity contribution >= 4 is 21.6 Å². The predicted molar refractivity (Wildman–Crippen MR) is 83.2 cm³/mol. The molecule has 0 aromatic heterocycles. The molecule has 0 atom stereocenters. The minimum absolute atomic E-state index is 0.271. The van der Waals surface area contributed by atoms with E-state index in [0.717, 1.165) is 24.0 Å². The van der Waals surface area contributed by atoms with Gasteiger partial charge in [0.2, 0.25) is 10.0 Å². The average Bonchev–Trinajstić information content (AvgIpc) is 2.46. The maximum absolute atomic E-state index is 12.1. The average molecular weight is 316 g/mol. The predicted octanol–water partition coefficient (Wildman–Crippen LogP) is 3.43. The van der Waals surface area contributed by atoms with Crippen LogP contribution < -0.4 is 4.72 Å². The van der Waals surface area contributed by atoms with Crippen molar-refractivity contribution < 1.29 is 8.42 Å². The molecular formula is C15H22ClNO2S. The monoisotopic (exact) mass is 315 g/mol. The van der Waals surface area contributed by atoms with Crippen LogP contribution in [0, 0.1) is 5.92 Å². The molecule has 0 radical (unpaired) electrons. The Morgan fingerprint density at radius 3 is 2.25 bits per heavy atom. The van der Waals surface area contributed by atoms with Gasteiger partial charge in [0.1, 0.15) is 0 Å². The minimum atomic E-state index is -3.17. The summed E-state index contributed by atoms with van der Waals surface area (Å²) in [7, 11) is -3.17. The summed E-state index contributed by atoms with van der Waals surface area (Å²) in [6, 6.07) is 7.69. The van der Waals surface area contributed by atoms with Crippen molar-refractivity contribution in [1.82, 2.24) is 4.72 Å². The molecule has 0 amide bonds. The SMILES string of the molecule is O=S(=O)(CC1CCCCC1)NCc1ccc(CCl)cc1. The van der Waals surface area contributed by atoms with Crippen molar-refractivity contribution in [1.29, 1.82) is 0 Å². The van der Waals surface area contributed by atoms with Crippen molar-refractivity contribution in [2.75, 3.05) is 5.75 Å². The van der Waals surface area contributed by atoms with E-state index in [2.05, 4.69) is 4.72 Å². The smallest absolute Gasteiger partial charge is 0.212 e. The van der Waals surface area contributed by atoms with Gasteiger partial charge < -0.3 is 0 Å². The van der Waals surface area contributed by atoms with E-state index < -0.39 is 10.0 Å². The molecule has 1 N–H and O–H groups in total. The van der Waals surface area contributed by atoms with Gasteiger partial charge >= 0.3 is 0 Å². The molecule has 1 aromatic carbocycles. The van der Waals surface area contributed by atoms with E-state index in [0.29, 0.717) is 18.3 Å². The standard InChI is InChI=1S/C15H22ClNO2S/c16-10-13-6-8-14(9-7-13)11-17-20(18,19)12-15-4-2-1-3-5-15/h6-9,15,17H,1-5,10-12H2. The lowest BCUT2D eigenvalue weighted by molar-refractivity contribution is 0.384. The number of halogens is 1. The first-order chi connectivity index (χ1) is 9.59. The molecule has 1 aliphatic carbocycles. The Morgan fingerprint density at radius 1 is 1.05 bits per heavy atom. The van der Waals surface area contributed by atoms with Crippen molar-refractivity contribution in [3.05, 3.63) is 35.4 Å². The third-order valence-corrected chi connectivity index (χ3v) is 5.66. The highest BCUT2D eigenvalue weighted by Gasteiger charge is 2.20. The van der Waals surface area contributed by atoms with Crippen LogP contribution >= 0.6 is 11.6 Å². The Hall–Kier alpha value is -0.580. The zero-order valence-electron chi connectivity index (χ0n) is 11.6. The van der Waals surface area contributed by atoms with Crippen molar-refractivity contribution in [2.45, 2.75) is 44.5 Å². The van der Waals surface area contributed by atoms with Crippen molar-refractivity contribution in [2.24, 2.45) is 5.92 Å². The lowest BCUT2D eigenvalue weighted by atomic mass is 9.91. The largest absolute Gasteiger partial charge is 0.212 e. The summed E-state index contributed by atoms with van der Waals surface area (Å²) in [6.45, 7) is 0.359. The summed E-state index contributed by atoms with van der Waals surface area (Å²) >= 11 is 5.73. The van der Waals surface area contributed by atoms with E-state index >= 15 is 0 Å². The van der Waals surface area contributed by atoms with E-state index in [1.165, 1.54) is 19.3 Å². The number of sulfonamides is 1. The van der Waals surface area contributed by atoms with Crippen LogP contribution in [0.15, 0.2) is 24.3 Å². The van der Waals surface area contributed by atoms with Crippen LogP contribution in [0.25, 0.3) is 0 Å². The van der Waals surface area contributed by atoms with Gasteiger partial charge in [-0.25, -0.2) is 13.1 Å². The fourth-order valence-electron chi connectivity index (χ4n) is 2.66. The first kappa shape index (κ1) is 15.8. The van der Waals surface area contributed by atoms with Gasteiger partial charge in [0.05, 0.1) is 5.75 Å². The Bertz CT molecular complexity index is 507.